The lowest BCUT2D eigenvalue weighted by Gasteiger charge is -1.95. The van der Waals surface area contributed by atoms with Crippen LogP contribution < -0.4 is 5.11 Å². The van der Waals surface area contributed by atoms with Crippen molar-refractivity contribution >= 4 is 12.0 Å². The average molecular weight is 195 g/mol. The zero-order chi connectivity index (χ0) is 10.7. The van der Waals surface area contributed by atoms with Crippen molar-refractivity contribution in [3.05, 3.63) is 28.7 Å². The molecule has 0 bridgehead atoms. The predicted octanol–water partition coefficient (Wildman–Crippen LogP) is 0.347. The molecule has 14 heavy (non-hydrogen) atoms. The summed E-state index contributed by atoms with van der Waals surface area (Å²) in [6.07, 6.45) is 1.58. The van der Waals surface area contributed by atoms with E-state index in [1.807, 2.05) is 0 Å². The number of carboxylic acid groups (broad SMARTS) is 1. The molecule has 0 aromatic carbocycles. The van der Waals surface area contributed by atoms with Gasteiger partial charge in [0.2, 0.25) is 0 Å². The monoisotopic (exact) mass is 195 g/mol. The molecule has 0 aliphatic carbocycles. The van der Waals surface area contributed by atoms with Gasteiger partial charge in [0, 0.05) is 5.56 Å². The van der Waals surface area contributed by atoms with Gasteiger partial charge >= 0.3 is 0 Å². The minimum absolute atomic E-state index is 0.0435. The fourth-order valence-corrected chi connectivity index (χ4v) is 1.07. The van der Waals surface area contributed by atoms with Crippen LogP contribution in [0.3, 0.4) is 0 Å². The van der Waals surface area contributed by atoms with E-state index in [1.54, 1.807) is 19.9 Å². The number of carboxylic acids is 1. The van der Waals surface area contributed by atoms with Gasteiger partial charge in [0.25, 0.3) is 0 Å². The third-order valence-corrected chi connectivity index (χ3v) is 1.79. The number of carbonyl (C=O) groups is 1. The van der Waals surface area contributed by atoms with Crippen LogP contribution in [0.4, 0.5) is 0 Å². The third-order valence-electron chi connectivity index (χ3n) is 1.79. The topological polar surface area (TPSA) is 73.5 Å². The number of carbonyl (C=O) groups excluding carboxylic acids is 1. The summed E-state index contributed by atoms with van der Waals surface area (Å²) in [5.74, 6) is -0.539. The Morgan fingerprint density at radius 3 is 2.79 bits per heavy atom. The SMILES string of the molecule is C/C(=C\c1cc(C(=O)[O-])c(C)o1)CO. The summed E-state index contributed by atoms with van der Waals surface area (Å²) in [6.45, 7) is 3.19. The summed E-state index contributed by atoms with van der Waals surface area (Å²) in [7, 11) is 0. The average Bonchev–Trinajstić information content (AvgIpc) is 2.46. The van der Waals surface area contributed by atoms with Crippen LogP contribution in [-0.2, 0) is 0 Å². The zero-order valence-electron chi connectivity index (χ0n) is 8.03. The quantitative estimate of drug-likeness (QED) is 0.755. The van der Waals surface area contributed by atoms with E-state index in [2.05, 4.69) is 0 Å². The minimum atomic E-state index is -1.26. The number of hydrogen-bond donors (Lipinski definition) is 1. The van der Waals surface area contributed by atoms with Gasteiger partial charge in [0.15, 0.2) is 0 Å². The molecule has 4 heteroatoms. The first-order valence-electron chi connectivity index (χ1n) is 4.14. The van der Waals surface area contributed by atoms with Gasteiger partial charge in [-0.25, -0.2) is 0 Å². The van der Waals surface area contributed by atoms with Gasteiger partial charge in [-0.2, -0.15) is 0 Å². The molecule has 0 saturated heterocycles. The second kappa shape index (κ2) is 4.11. The van der Waals surface area contributed by atoms with Gasteiger partial charge in [0.1, 0.15) is 11.5 Å². The Kier molecular flexibility index (Phi) is 3.09. The molecule has 4 nitrogen and oxygen atoms in total. The normalized spacial score (nSPS) is 11.8. The smallest absolute Gasteiger partial charge is 0.127 e. The van der Waals surface area contributed by atoms with E-state index in [9.17, 15) is 9.90 Å². The summed E-state index contributed by atoms with van der Waals surface area (Å²) in [5, 5.41) is 19.3. The Hall–Kier alpha value is -1.55. The molecule has 1 N–H and O–H groups in total. The van der Waals surface area contributed by atoms with Crippen LogP contribution in [0.1, 0.15) is 28.8 Å². The van der Waals surface area contributed by atoms with Gasteiger partial charge in [-0.3, -0.25) is 0 Å². The molecule has 0 radical (unpaired) electrons. The lowest BCUT2D eigenvalue weighted by atomic mass is 10.2. The standard InChI is InChI=1S/C10H12O4/c1-6(5-11)3-8-4-9(10(12)13)7(2)14-8/h3-4,11H,5H2,1-2H3,(H,12,13)/p-1/b6-3+. The number of aromatic carboxylic acids is 1. The van der Waals surface area contributed by atoms with Crippen LogP contribution in [0, 0.1) is 6.92 Å². The molecular formula is C10H11O4-. The molecule has 0 unspecified atom stereocenters. The lowest BCUT2D eigenvalue weighted by Crippen LogP contribution is -2.22. The van der Waals surface area contributed by atoms with Crippen molar-refractivity contribution in [2.24, 2.45) is 0 Å². The first-order chi connectivity index (χ1) is 6.54. The van der Waals surface area contributed by atoms with E-state index in [-0.39, 0.29) is 12.2 Å². The zero-order valence-corrected chi connectivity index (χ0v) is 8.03. The van der Waals surface area contributed by atoms with Crippen molar-refractivity contribution in [3.63, 3.8) is 0 Å². The number of aliphatic hydroxyl groups is 1. The number of furan rings is 1. The summed E-state index contributed by atoms with van der Waals surface area (Å²) in [5.41, 5.74) is 0.741. The maximum absolute atomic E-state index is 10.5. The van der Waals surface area contributed by atoms with Crippen molar-refractivity contribution in [3.8, 4) is 0 Å². The fourth-order valence-electron chi connectivity index (χ4n) is 1.07. The minimum Gasteiger partial charge on any atom is -0.545 e. The molecule has 1 heterocycles. The van der Waals surface area contributed by atoms with Gasteiger partial charge in [0.05, 0.1) is 12.6 Å². The Balaban J connectivity index is 3.03. The molecule has 1 aromatic heterocycles. The van der Waals surface area contributed by atoms with Crippen LogP contribution in [0.15, 0.2) is 16.1 Å². The second-order valence-corrected chi connectivity index (χ2v) is 3.05. The van der Waals surface area contributed by atoms with Crippen LogP contribution in [-0.4, -0.2) is 17.7 Å². The largest absolute Gasteiger partial charge is 0.545 e. The Labute approximate surface area is 81.5 Å². The van der Waals surface area contributed by atoms with Crippen molar-refractivity contribution in [1.29, 1.82) is 0 Å². The molecule has 1 aromatic rings. The first kappa shape index (κ1) is 10.5. The highest BCUT2D eigenvalue weighted by Crippen LogP contribution is 2.16. The van der Waals surface area contributed by atoms with E-state index in [4.69, 9.17) is 9.52 Å². The molecule has 0 aliphatic rings. The van der Waals surface area contributed by atoms with Gasteiger partial charge in [-0.1, -0.05) is 0 Å². The Bertz CT molecular complexity index is 373. The third kappa shape index (κ3) is 2.23. The van der Waals surface area contributed by atoms with Crippen molar-refractivity contribution < 1.29 is 19.4 Å². The van der Waals surface area contributed by atoms with Crippen LogP contribution >= 0.6 is 0 Å². The van der Waals surface area contributed by atoms with E-state index in [0.717, 1.165) is 0 Å². The molecule has 0 fully saturated rings. The summed E-state index contributed by atoms with van der Waals surface area (Å²) in [6, 6.07) is 1.38. The summed E-state index contributed by atoms with van der Waals surface area (Å²) >= 11 is 0. The highest BCUT2D eigenvalue weighted by atomic mass is 16.4. The molecule has 1 rings (SSSR count). The van der Waals surface area contributed by atoms with Gasteiger partial charge < -0.3 is 19.4 Å². The van der Waals surface area contributed by atoms with Crippen LogP contribution in [0.2, 0.25) is 0 Å². The number of rotatable bonds is 3. The fraction of sp³-hybridized carbons (Fsp3) is 0.300. The number of aliphatic hydroxyl groups excluding tert-OH is 1. The van der Waals surface area contributed by atoms with Crippen LogP contribution in [0.5, 0.6) is 0 Å². The van der Waals surface area contributed by atoms with E-state index >= 15 is 0 Å². The maximum atomic E-state index is 10.5. The highest BCUT2D eigenvalue weighted by molar-refractivity contribution is 5.87. The number of aryl methyl sites for hydroxylation is 1. The van der Waals surface area contributed by atoms with E-state index in [1.165, 1.54) is 6.07 Å². The molecular weight excluding hydrogens is 184 g/mol. The van der Waals surface area contributed by atoms with Gasteiger partial charge in [-0.05, 0) is 31.6 Å². The number of hydrogen-bond acceptors (Lipinski definition) is 4. The molecule has 76 valence electrons. The maximum Gasteiger partial charge on any atom is 0.127 e. The Morgan fingerprint density at radius 1 is 1.71 bits per heavy atom. The van der Waals surface area contributed by atoms with Gasteiger partial charge in [-0.15, -0.1) is 0 Å². The van der Waals surface area contributed by atoms with Crippen LogP contribution in [0.25, 0.3) is 6.08 Å². The van der Waals surface area contributed by atoms with Crippen molar-refractivity contribution in [2.75, 3.05) is 6.61 Å². The summed E-state index contributed by atoms with van der Waals surface area (Å²) in [4.78, 5) is 10.5. The lowest BCUT2D eigenvalue weighted by molar-refractivity contribution is -0.255. The molecule has 0 atom stereocenters. The second-order valence-electron chi connectivity index (χ2n) is 3.05. The molecule has 0 aliphatic heterocycles. The van der Waals surface area contributed by atoms with Crippen molar-refractivity contribution in [2.45, 2.75) is 13.8 Å². The summed E-state index contributed by atoms with van der Waals surface area (Å²) < 4.78 is 5.14. The molecule has 0 spiro atoms. The highest BCUT2D eigenvalue weighted by Gasteiger charge is 2.06. The molecule has 0 amide bonds. The van der Waals surface area contributed by atoms with E-state index < -0.39 is 5.97 Å². The van der Waals surface area contributed by atoms with Crippen molar-refractivity contribution in [1.82, 2.24) is 0 Å². The van der Waals surface area contributed by atoms with E-state index in [0.29, 0.717) is 17.1 Å². The Morgan fingerprint density at radius 2 is 2.36 bits per heavy atom. The molecule has 0 saturated carbocycles. The predicted molar refractivity (Wildman–Crippen MR) is 48.5 cm³/mol. The first-order valence-corrected chi connectivity index (χ1v) is 4.14.